The van der Waals surface area contributed by atoms with Gasteiger partial charge in [-0.1, -0.05) is 106 Å². The largest absolute Gasteiger partial charge is 1.00 e. The lowest BCUT2D eigenvalue weighted by molar-refractivity contribution is -0.0000135. The maximum Gasteiger partial charge on any atom is 0.762 e. The highest BCUT2D eigenvalue weighted by atomic mass is 35.5. The molecular formula is C44H45BClF4N3. The molecule has 0 amide bonds. The van der Waals surface area contributed by atoms with Crippen molar-refractivity contribution in [3.63, 3.8) is 0 Å². The Kier molecular flexibility index (Phi) is 11.6. The number of benzene rings is 4. The van der Waals surface area contributed by atoms with Gasteiger partial charge in [0.15, 0.2) is 0 Å². The quantitative estimate of drug-likeness (QED) is 0.118. The number of hydrogen-bond donors (Lipinski definition) is 0. The van der Waals surface area contributed by atoms with Crippen LogP contribution in [0.4, 0.5) is 35.7 Å². The molecule has 1 saturated carbocycles. The Bertz CT molecular complexity index is 1990. The van der Waals surface area contributed by atoms with E-state index in [1.165, 1.54) is 56.3 Å². The van der Waals surface area contributed by atoms with Gasteiger partial charge in [0.2, 0.25) is 17.1 Å². The number of rotatable bonds is 4. The van der Waals surface area contributed by atoms with Crippen LogP contribution in [0.3, 0.4) is 0 Å². The first-order chi connectivity index (χ1) is 24.7. The molecule has 7 rings (SSSR count). The van der Waals surface area contributed by atoms with Crippen LogP contribution in [0.2, 0.25) is 5.02 Å². The predicted octanol–water partition coefficient (Wildman–Crippen LogP) is 9.08. The number of anilines is 2. The van der Waals surface area contributed by atoms with Crippen LogP contribution in [-0.2, 0) is 10.8 Å². The van der Waals surface area contributed by atoms with Crippen molar-refractivity contribution < 1.29 is 17.7 Å². The molecule has 2 aliphatic heterocycles. The molecule has 1 fully saturated rings. The number of allylic oxidation sites excluding steroid dienone is 8. The Morgan fingerprint density at radius 2 is 1.06 bits per heavy atom. The molecule has 3 aliphatic rings. The third-order valence-corrected chi connectivity index (χ3v) is 10.8. The first kappa shape index (κ1) is 39.4. The van der Waals surface area contributed by atoms with Crippen LogP contribution in [0, 0.1) is 6.92 Å². The van der Waals surface area contributed by atoms with Gasteiger partial charge in [0.1, 0.15) is 0 Å². The smallest absolute Gasteiger partial charge is 0.762 e. The number of halogens is 5. The minimum absolute atomic E-state index is 0. The third kappa shape index (κ3) is 7.65. The van der Waals surface area contributed by atoms with Crippen molar-refractivity contribution in [1.82, 2.24) is 4.58 Å². The summed E-state index contributed by atoms with van der Waals surface area (Å²) in [6, 6.07) is 34.6. The first-order valence-corrected chi connectivity index (χ1v) is 18.0. The second kappa shape index (κ2) is 15.7. The van der Waals surface area contributed by atoms with Crippen molar-refractivity contribution in [3.05, 3.63) is 166 Å². The topological polar surface area (TPSA) is 9.49 Å². The molecule has 1 aliphatic carbocycles. The molecule has 4 aromatic carbocycles. The van der Waals surface area contributed by atoms with Crippen molar-refractivity contribution in [1.29, 1.82) is 0 Å². The molecule has 0 atom stereocenters. The zero-order valence-electron chi connectivity index (χ0n) is 31.3. The molecule has 0 saturated heterocycles. The predicted molar refractivity (Wildman–Crippen MR) is 215 cm³/mol. The monoisotopic (exact) mass is 737 g/mol. The molecule has 0 spiro atoms. The minimum Gasteiger partial charge on any atom is -1.00 e. The molecule has 0 N–H and O–H groups in total. The molecule has 0 radical (unpaired) electrons. The molecule has 4 aromatic rings. The highest BCUT2D eigenvalue weighted by Gasteiger charge is 2.40. The van der Waals surface area contributed by atoms with Crippen molar-refractivity contribution in [2.75, 3.05) is 23.9 Å². The van der Waals surface area contributed by atoms with Gasteiger partial charge in [-0.25, -0.2) is 0 Å². The van der Waals surface area contributed by atoms with E-state index in [1.807, 2.05) is 6.07 Å². The van der Waals surface area contributed by atoms with Crippen molar-refractivity contribution in [2.45, 2.75) is 58.3 Å². The van der Waals surface area contributed by atoms with Gasteiger partial charge < -0.3 is 14.5 Å². The van der Waals surface area contributed by atoms with E-state index < -0.39 is 7.54 Å². The number of nitrogens with zero attached hydrogens (tertiary/aromatic N) is 3. The van der Waals surface area contributed by atoms with Crippen LogP contribution in [0.15, 0.2) is 144 Å². The average molecular weight is 738 g/mol. The van der Waals surface area contributed by atoms with Crippen molar-refractivity contribution in [3.8, 4) is 0 Å². The summed E-state index contributed by atoms with van der Waals surface area (Å²) in [6.07, 6.45) is 11.4. The van der Waals surface area contributed by atoms with Gasteiger partial charge >= 0.3 is 7.54 Å². The fourth-order valence-electron chi connectivity index (χ4n) is 8.00. The number of fused-ring (bicyclic) bond motifs is 2. The van der Waals surface area contributed by atoms with Gasteiger partial charge in [-0.15, -0.1) is 0 Å². The van der Waals surface area contributed by atoms with Crippen LogP contribution >= 0.6 is 11.6 Å². The van der Waals surface area contributed by atoms with Gasteiger partial charge in [-0.2, -0.15) is 4.58 Å². The molecule has 0 bridgehead atoms. The fourth-order valence-corrected chi connectivity index (χ4v) is 8.18. The summed E-state index contributed by atoms with van der Waals surface area (Å²) in [6.45, 7) is 11.5. The number of hydrogen-bond acceptors (Lipinski definition) is 2. The zero-order chi connectivity index (χ0) is 37.4. The lowest BCUT2D eigenvalue weighted by atomic mass is 9.83. The Morgan fingerprint density at radius 1 is 0.642 bits per heavy atom. The third-order valence-electron chi connectivity index (χ3n) is 10.6. The zero-order valence-corrected chi connectivity index (χ0v) is 32.0. The Balaban J connectivity index is 0.00000103. The van der Waals surface area contributed by atoms with Crippen LogP contribution in [0.25, 0.3) is 0 Å². The Hall–Kier alpha value is -4.82. The van der Waals surface area contributed by atoms with E-state index in [9.17, 15) is 12.9 Å². The highest BCUT2D eigenvalue weighted by molar-refractivity contribution is 6.33. The van der Waals surface area contributed by atoms with Gasteiger partial charge in [0.05, 0.1) is 0 Å². The maximum atomic E-state index is 9.67. The standard InChI is InChI=1S/C44H45ClN3.BF3.FH/c1-30-18-24-38-36(28-30)43(2,3)40(46(38)6)26-21-31-19-20-32(22-27-41-44(4,5)37-29-33(45)23-25-39(37)47(41)7)42(31)48(34-14-10-8-11-15-34)35-16-12-9-13-17-35;2-1(3)4;/h8-18,21-29H,19-20H2,1-7H3;;1H/q+1;;/p-1. The first-order valence-electron chi connectivity index (χ1n) is 17.6. The molecular weight excluding hydrogens is 693 g/mol. The van der Waals surface area contributed by atoms with E-state index >= 15 is 0 Å². The SMILES string of the molecule is Cc1ccc2c(c1)C(C)(C)/C(=C\C=C1/CCC(=CC=C3N(C)c4ccc(Cl)cc4C3(C)C)C1=[N+](c1ccccc1)c1ccccc1)N2C.FB(F)F.[F-]. The molecule has 274 valence electrons. The summed E-state index contributed by atoms with van der Waals surface area (Å²) < 4.78 is 31.4. The van der Waals surface area contributed by atoms with E-state index in [0.717, 1.165) is 29.2 Å². The van der Waals surface area contributed by atoms with E-state index in [2.05, 4.69) is 178 Å². The van der Waals surface area contributed by atoms with Crippen LogP contribution in [0.5, 0.6) is 0 Å². The van der Waals surface area contributed by atoms with Gasteiger partial charge in [-0.3, -0.25) is 12.9 Å². The van der Waals surface area contributed by atoms with Gasteiger partial charge in [-0.05, 0) is 67.3 Å². The van der Waals surface area contributed by atoms with E-state index in [-0.39, 0.29) is 15.5 Å². The number of aryl methyl sites for hydroxylation is 1. The normalized spacial score (nSPS) is 19.6. The van der Waals surface area contributed by atoms with Gasteiger partial charge in [0.25, 0.3) is 0 Å². The summed E-state index contributed by atoms with van der Waals surface area (Å²) in [7, 11) is 0.706. The minimum atomic E-state index is -3.67. The van der Waals surface area contributed by atoms with Crippen molar-refractivity contribution >= 4 is 47.6 Å². The Labute approximate surface area is 316 Å². The molecule has 3 nitrogen and oxygen atoms in total. The fraction of sp³-hybridized carbons (Fsp3) is 0.250. The summed E-state index contributed by atoms with van der Waals surface area (Å²) in [4.78, 5) is 4.69. The van der Waals surface area contributed by atoms with Gasteiger partial charge in [0, 0.05) is 88.1 Å². The molecule has 9 heteroatoms. The lowest BCUT2D eigenvalue weighted by Gasteiger charge is -2.24. The lowest BCUT2D eigenvalue weighted by Crippen LogP contribution is -3.00. The van der Waals surface area contributed by atoms with Crippen molar-refractivity contribution in [2.24, 2.45) is 0 Å². The van der Waals surface area contributed by atoms with E-state index in [0.29, 0.717) is 0 Å². The van der Waals surface area contributed by atoms with Crippen LogP contribution < -0.4 is 19.1 Å². The summed E-state index contributed by atoms with van der Waals surface area (Å²) in [5, 5.41) is 0.779. The highest BCUT2D eigenvalue weighted by Crippen LogP contribution is 2.49. The number of likely N-dealkylation sites (N-methyl/N-ethyl adjacent to an activating group) is 2. The van der Waals surface area contributed by atoms with Crippen LogP contribution in [-0.4, -0.2) is 27.4 Å². The summed E-state index contributed by atoms with van der Waals surface area (Å²) in [5.41, 5.74) is 15.0. The maximum absolute atomic E-state index is 9.67. The molecule has 53 heavy (non-hydrogen) atoms. The number of para-hydroxylation sites is 2. The molecule has 2 heterocycles. The van der Waals surface area contributed by atoms with E-state index in [4.69, 9.17) is 11.6 Å². The second-order valence-electron chi connectivity index (χ2n) is 14.6. The summed E-state index contributed by atoms with van der Waals surface area (Å²) in [5.74, 6) is 0. The second-order valence-corrected chi connectivity index (χ2v) is 15.1. The van der Waals surface area contributed by atoms with Crippen LogP contribution in [0.1, 0.15) is 57.2 Å². The average Bonchev–Trinajstić information content (AvgIpc) is 3.64. The molecule has 0 aromatic heterocycles. The Morgan fingerprint density at radius 3 is 1.51 bits per heavy atom. The summed E-state index contributed by atoms with van der Waals surface area (Å²) >= 11 is 6.48. The molecule has 0 unspecified atom stereocenters. The van der Waals surface area contributed by atoms with E-state index in [1.54, 1.807) is 0 Å².